The molecular weight excluding hydrogens is 220 g/mol. The second kappa shape index (κ2) is 4.89. The number of thioether (sulfide) groups is 1. The fourth-order valence-corrected chi connectivity index (χ4v) is 2.34. The van der Waals surface area contributed by atoms with Crippen LogP contribution in [-0.4, -0.2) is 27.4 Å². The van der Waals surface area contributed by atoms with Crippen LogP contribution in [0.25, 0.3) is 11.0 Å². The molecule has 0 aliphatic rings. The minimum atomic E-state index is 0.229. The third-order valence-corrected chi connectivity index (χ3v) is 3.63. The van der Waals surface area contributed by atoms with Gasteiger partial charge < -0.3 is 10.1 Å². The Morgan fingerprint density at radius 1 is 1.50 bits per heavy atom. The summed E-state index contributed by atoms with van der Waals surface area (Å²) in [7, 11) is 0. The number of rotatable bonds is 4. The Morgan fingerprint density at radius 2 is 2.31 bits per heavy atom. The van der Waals surface area contributed by atoms with Crippen LogP contribution in [0.2, 0.25) is 0 Å². The van der Waals surface area contributed by atoms with E-state index < -0.39 is 0 Å². The largest absolute Gasteiger partial charge is 0.396 e. The van der Waals surface area contributed by atoms with Crippen molar-refractivity contribution in [1.29, 1.82) is 0 Å². The van der Waals surface area contributed by atoms with Crippen LogP contribution in [0.1, 0.15) is 12.5 Å². The molecule has 4 heteroatoms. The molecule has 0 aliphatic carbocycles. The maximum Gasteiger partial charge on any atom is 0.166 e. The maximum absolute atomic E-state index is 8.95. The van der Waals surface area contributed by atoms with Crippen molar-refractivity contribution in [3.63, 3.8) is 0 Å². The summed E-state index contributed by atoms with van der Waals surface area (Å²) in [6.07, 6.45) is 0. The van der Waals surface area contributed by atoms with Gasteiger partial charge in [-0.3, -0.25) is 0 Å². The molecule has 2 N–H and O–H groups in total. The minimum absolute atomic E-state index is 0.229. The number of H-pyrrole nitrogens is 1. The minimum Gasteiger partial charge on any atom is -0.396 e. The smallest absolute Gasteiger partial charge is 0.166 e. The third kappa shape index (κ3) is 2.57. The third-order valence-electron chi connectivity index (χ3n) is 2.43. The molecule has 0 spiro atoms. The van der Waals surface area contributed by atoms with Crippen molar-refractivity contribution < 1.29 is 5.11 Å². The Kier molecular flexibility index (Phi) is 3.51. The van der Waals surface area contributed by atoms with Gasteiger partial charge in [0.2, 0.25) is 0 Å². The fourth-order valence-electron chi connectivity index (χ4n) is 1.44. The lowest BCUT2D eigenvalue weighted by molar-refractivity contribution is 0.250. The summed E-state index contributed by atoms with van der Waals surface area (Å²) in [6.45, 7) is 4.33. The number of benzene rings is 1. The second-order valence-corrected chi connectivity index (χ2v) is 5.17. The van der Waals surface area contributed by atoms with Gasteiger partial charge in [0, 0.05) is 12.4 Å². The second-order valence-electron chi connectivity index (χ2n) is 4.16. The maximum atomic E-state index is 8.95. The predicted octanol–water partition coefficient (Wildman–Crippen LogP) is 2.59. The van der Waals surface area contributed by atoms with E-state index in [2.05, 4.69) is 29.0 Å². The van der Waals surface area contributed by atoms with Crippen LogP contribution in [0.15, 0.2) is 23.4 Å². The standard InChI is InChI=1S/C12H16N2OS/c1-8-3-4-10-11(5-8)14-12(13-10)16-7-9(2)6-15/h3-5,9,15H,6-7H2,1-2H3,(H,13,14). The number of nitrogens with zero attached hydrogens (tertiary/aromatic N) is 1. The van der Waals surface area contributed by atoms with Gasteiger partial charge in [-0.25, -0.2) is 4.98 Å². The molecule has 2 rings (SSSR count). The summed E-state index contributed by atoms with van der Waals surface area (Å²) in [5, 5.41) is 9.88. The van der Waals surface area contributed by atoms with Crippen LogP contribution in [0, 0.1) is 12.8 Å². The summed E-state index contributed by atoms with van der Waals surface area (Å²) in [6, 6.07) is 6.19. The first-order valence-corrected chi connectivity index (χ1v) is 6.37. The molecule has 1 atom stereocenters. The van der Waals surface area contributed by atoms with Crippen LogP contribution in [0.3, 0.4) is 0 Å². The van der Waals surface area contributed by atoms with Gasteiger partial charge >= 0.3 is 0 Å². The molecule has 0 saturated heterocycles. The Hall–Kier alpha value is -1.00. The topological polar surface area (TPSA) is 48.9 Å². The number of aliphatic hydroxyl groups excluding tert-OH is 1. The fraction of sp³-hybridized carbons (Fsp3) is 0.417. The molecule has 16 heavy (non-hydrogen) atoms. The first-order valence-electron chi connectivity index (χ1n) is 5.39. The van der Waals surface area contributed by atoms with E-state index in [0.29, 0.717) is 5.92 Å². The number of aromatic amines is 1. The number of aryl methyl sites for hydroxylation is 1. The lowest BCUT2D eigenvalue weighted by Crippen LogP contribution is -2.03. The van der Waals surface area contributed by atoms with Crippen LogP contribution in [0.4, 0.5) is 0 Å². The SMILES string of the molecule is Cc1ccc2nc(SCC(C)CO)[nH]c2c1. The van der Waals surface area contributed by atoms with Crippen LogP contribution in [-0.2, 0) is 0 Å². The summed E-state index contributed by atoms with van der Waals surface area (Å²) >= 11 is 1.66. The zero-order valence-corrected chi connectivity index (χ0v) is 10.3. The van der Waals surface area contributed by atoms with E-state index in [1.54, 1.807) is 11.8 Å². The van der Waals surface area contributed by atoms with E-state index in [0.717, 1.165) is 21.9 Å². The van der Waals surface area contributed by atoms with E-state index in [4.69, 9.17) is 5.11 Å². The van der Waals surface area contributed by atoms with Crippen molar-refractivity contribution in [3.8, 4) is 0 Å². The molecule has 0 aliphatic heterocycles. The number of aliphatic hydroxyl groups is 1. The first kappa shape index (κ1) is 11.5. The van der Waals surface area contributed by atoms with Crippen LogP contribution in [0.5, 0.6) is 0 Å². The zero-order valence-electron chi connectivity index (χ0n) is 9.53. The van der Waals surface area contributed by atoms with Gasteiger partial charge in [-0.2, -0.15) is 0 Å². The molecule has 0 fully saturated rings. The highest BCUT2D eigenvalue weighted by Gasteiger charge is 2.06. The number of hydrogen-bond donors (Lipinski definition) is 2. The average Bonchev–Trinajstić information content (AvgIpc) is 2.67. The Morgan fingerprint density at radius 3 is 3.06 bits per heavy atom. The summed E-state index contributed by atoms with van der Waals surface area (Å²) < 4.78 is 0. The van der Waals surface area contributed by atoms with Gasteiger partial charge in [-0.1, -0.05) is 24.8 Å². The zero-order chi connectivity index (χ0) is 11.5. The number of fused-ring (bicyclic) bond motifs is 1. The first-order chi connectivity index (χ1) is 7.69. The predicted molar refractivity (Wildman–Crippen MR) is 67.8 cm³/mol. The van der Waals surface area contributed by atoms with Crippen molar-refractivity contribution in [3.05, 3.63) is 23.8 Å². The molecule has 0 amide bonds. The molecule has 1 aromatic carbocycles. The number of nitrogens with one attached hydrogen (secondary N) is 1. The van der Waals surface area contributed by atoms with Crippen molar-refractivity contribution in [2.75, 3.05) is 12.4 Å². The lowest BCUT2D eigenvalue weighted by atomic mass is 10.2. The number of hydrogen-bond acceptors (Lipinski definition) is 3. The highest BCUT2D eigenvalue weighted by Crippen LogP contribution is 2.21. The van der Waals surface area contributed by atoms with Gasteiger partial charge in [0.05, 0.1) is 11.0 Å². The van der Waals surface area contributed by atoms with E-state index in [1.165, 1.54) is 5.56 Å². The van der Waals surface area contributed by atoms with Gasteiger partial charge in [0.1, 0.15) is 0 Å². The molecule has 0 bridgehead atoms. The van der Waals surface area contributed by atoms with E-state index in [1.807, 2.05) is 13.0 Å². The van der Waals surface area contributed by atoms with E-state index >= 15 is 0 Å². The highest BCUT2D eigenvalue weighted by molar-refractivity contribution is 7.99. The Bertz CT molecular complexity index is 481. The molecule has 2 aromatic rings. The average molecular weight is 236 g/mol. The van der Waals surface area contributed by atoms with Crippen molar-refractivity contribution in [2.45, 2.75) is 19.0 Å². The number of imidazole rings is 1. The highest BCUT2D eigenvalue weighted by atomic mass is 32.2. The molecule has 0 radical (unpaired) electrons. The molecule has 1 aromatic heterocycles. The van der Waals surface area contributed by atoms with E-state index in [9.17, 15) is 0 Å². The van der Waals surface area contributed by atoms with Crippen LogP contribution >= 0.6 is 11.8 Å². The van der Waals surface area contributed by atoms with Crippen molar-refractivity contribution >= 4 is 22.8 Å². The lowest BCUT2D eigenvalue weighted by Gasteiger charge is -2.03. The van der Waals surface area contributed by atoms with Gasteiger partial charge in [-0.05, 0) is 30.5 Å². The van der Waals surface area contributed by atoms with Crippen LogP contribution < -0.4 is 0 Å². The Balaban J connectivity index is 2.13. The normalized spacial score (nSPS) is 13.2. The molecule has 3 nitrogen and oxygen atoms in total. The number of aromatic nitrogens is 2. The van der Waals surface area contributed by atoms with Gasteiger partial charge in [0.15, 0.2) is 5.16 Å². The quantitative estimate of drug-likeness (QED) is 0.802. The summed E-state index contributed by atoms with van der Waals surface area (Å²) in [5.41, 5.74) is 3.32. The molecule has 86 valence electrons. The van der Waals surface area contributed by atoms with Crippen molar-refractivity contribution in [2.24, 2.45) is 5.92 Å². The van der Waals surface area contributed by atoms with Crippen molar-refractivity contribution in [1.82, 2.24) is 9.97 Å². The Labute approximate surface area is 99.3 Å². The van der Waals surface area contributed by atoms with E-state index in [-0.39, 0.29) is 6.61 Å². The molecule has 0 saturated carbocycles. The summed E-state index contributed by atoms with van der Waals surface area (Å²) in [4.78, 5) is 7.77. The van der Waals surface area contributed by atoms with Gasteiger partial charge in [0.25, 0.3) is 0 Å². The molecule has 1 unspecified atom stereocenters. The molecular formula is C12H16N2OS. The van der Waals surface area contributed by atoms with Gasteiger partial charge in [-0.15, -0.1) is 0 Å². The molecule has 1 heterocycles. The monoisotopic (exact) mass is 236 g/mol. The summed E-state index contributed by atoms with van der Waals surface area (Å²) in [5.74, 6) is 1.19.